The summed E-state index contributed by atoms with van der Waals surface area (Å²) in [7, 11) is -3.85. The van der Waals surface area contributed by atoms with Crippen molar-refractivity contribution in [3.05, 3.63) is 28.8 Å². The highest BCUT2D eigenvalue weighted by Crippen LogP contribution is 2.19. The Labute approximate surface area is 96.2 Å². The van der Waals surface area contributed by atoms with E-state index in [1.165, 1.54) is 0 Å². The molecule has 0 aromatic heterocycles. The molecule has 0 atom stereocenters. The van der Waals surface area contributed by atoms with E-state index in [0.717, 1.165) is 16.7 Å². The highest BCUT2D eigenvalue weighted by atomic mass is 32.2. The number of nitrogens with two attached hydrogens (primary N) is 1. The molecule has 0 bridgehead atoms. The monoisotopic (exact) mass is 243 g/mol. The smallest absolute Gasteiger partial charge is 0.264 e. The second-order valence-electron chi connectivity index (χ2n) is 4.02. The SMILES string of the molecule is Cc1cc(N)cc(C)c1CCCS(=O)(=O)O. The topological polar surface area (TPSA) is 80.4 Å². The molecule has 90 valence electrons. The lowest BCUT2D eigenvalue weighted by Crippen LogP contribution is -2.06. The second kappa shape index (κ2) is 4.84. The van der Waals surface area contributed by atoms with Crippen LogP contribution in [0.5, 0.6) is 0 Å². The zero-order valence-electron chi connectivity index (χ0n) is 9.53. The van der Waals surface area contributed by atoms with E-state index in [2.05, 4.69) is 0 Å². The first-order chi connectivity index (χ1) is 7.29. The zero-order chi connectivity index (χ0) is 12.3. The van der Waals surface area contributed by atoms with Gasteiger partial charge in [0.05, 0.1) is 5.75 Å². The summed E-state index contributed by atoms with van der Waals surface area (Å²) in [4.78, 5) is 0. The van der Waals surface area contributed by atoms with Gasteiger partial charge in [-0.25, -0.2) is 0 Å². The molecule has 5 heteroatoms. The maximum atomic E-state index is 10.6. The van der Waals surface area contributed by atoms with Crippen molar-refractivity contribution in [1.29, 1.82) is 0 Å². The molecule has 0 unspecified atom stereocenters. The molecule has 1 aromatic rings. The Kier molecular flexibility index (Phi) is 3.93. The predicted molar refractivity (Wildman–Crippen MR) is 65.1 cm³/mol. The van der Waals surface area contributed by atoms with Crippen molar-refractivity contribution in [1.82, 2.24) is 0 Å². The van der Waals surface area contributed by atoms with E-state index >= 15 is 0 Å². The molecule has 0 saturated heterocycles. The molecular weight excluding hydrogens is 226 g/mol. The molecule has 4 nitrogen and oxygen atoms in total. The van der Waals surface area contributed by atoms with Gasteiger partial charge in [0.1, 0.15) is 0 Å². The van der Waals surface area contributed by atoms with Crippen LogP contribution >= 0.6 is 0 Å². The average Bonchev–Trinajstić information content (AvgIpc) is 2.07. The molecule has 16 heavy (non-hydrogen) atoms. The lowest BCUT2D eigenvalue weighted by Gasteiger charge is -2.10. The quantitative estimate of drug-likeness (QED) is 0.623. The number of nitrogen functional groups attached to an aromatic ring is 1. The van der Waals surface area contributed by atoms with Crippen molar-refractivity contribution in [3.63, 3.8) is 0 Å². The number of hydrogen-bond acceptors (Lipinski definition) is 3. The number of rotatable bonds is 4. The summed E-state index contributed by atoms with van der Waals surface area (Å²) in [5, 5.41) is 0. The van der Waals surface area contributed by atoms with Crippen molar-refractivity contribution >= 4 is 15.8 Å². The van der Waals surface area contributed by atoms with Gasteiger partial charge in [0.15, 0.2) is 0 Å². The normalized spacial score (nSPS) is 11.7. The van der Waals surface area contributed by atoms with E-state index in [1.807, 2.05) is 26.0 Å². The summed E-state index contributed by atoms with van der Waals surface area (Å²) in [6.45, 7) is 3.90. The largest absolute Gasteiger partial charge is 0.399 e. The van der Waals surface area contributed by atoms with Crippen LogP contribution in [-0.2, 0) is 16.5 Å². The van der Waals surface area contributed by atoms with Gasteiger partial charge in [-0.05, 0) is 55.5 Å². The van der Waals surface area contributed by atoms with E-state index in [4.69, 9.17) is 10.3 Å². The van der Waals surface area contributed by atoms with E-state index < -0.39 is 10.1 Å². The molecule has 0 aliphatic carbocycles. The second-order valence-corrected chi connectivity index (χ2v) is 5.59. The van der Waals surface area contributed by atoms with Crippen LogP contribution in [0.25, 0.3) is 0 Å². The third-order valence-electron chi connectivity index (χ3n) is 2.55. The fraction of sp³-hybridized carbons (Fsp3) is 0.455. The fourth-order valence-corrected chi connectivity index (χ4v) is 2.36. The predicted octanol–water partition coefficient (Wildman–Crippen LogP) is 1.71. The van der Waals surface area contributed by atoms with Crippen LogP contribution in [-0.4, -0.2) is 18.7 Å². The molecule has 0 radical (unpaired) electrons. The summed E-state index contributed by atoms with van der Waals surface area (Å²) in [6, 6.07) is 3.74. The molecule has 0 fully saturated rings. The van der Waals surface area contributed by atoms with Crippen molar-refractivity contribution in [2.45, 2.75) is 26.7 Å². The summed E-state index contributed by atoms with van der Waals surface area (Å²) in [5.41, 5.74) is 9.64. The van der Waals surface area contributed by atoms with E-state index in [1.54, 1.807) is 0 Å². The summed E-state index contributed by atoms with van der Waals surface area (Å²) >= 11 is 0. The van der Waals surface area contributed by atoms with Crippen LogP contribution in [0.2, 0.25) is 0 Å². The maximum absolute atomic E-state index is 10.6. The van der Waals surface area contributed by atoms with Crippen LogP contribution in [0.3, 0.4) is 0 Å². The summed E-state index contributed by atoms with van der Waals surface area (Å²) < 4.78 is 29.8. The third-order valence-corrected chi connectivity index (χ3v) is 3.35. The Morgan fingerprint density at radius 3 is 2.19 bits per heavy atom. The maximum Gasteiger partial charge on any atom is 0.264 e. The number of anilines is 1. The highest BCUT2D eigenvalue weighted by molar-refractivity contribution is 7.85. The van der Waals surface area contributed by atoms with E-state index in [0.29, 0.717) is 18.5 Å². The lowest BCUT2D eigenvalue weighted by atomic mass is 9.98. The molecule has 0 aliphatic rings. The number of aryl methyl sites for hydroxylation is 2. The molecular formula is C11H17NO3S. The molecule has 0 aliphatic heterocycles. The molecule has 1 rings (SSSR count). The van der Waals surface area contributed by atoms with Gasteiger partial charge in [0, 0.05) is 5.69 Å². The minimum atomic E-state index is -3.85. The first-order valence-corrected chi connectivity index (χ1v) is 6.71. The van der Waals surface area contributed by atoms with Gasteiger partial charge in [-0.2, -0.15) is 8.42 Å². The Hall–Kier alpha value is -1.07. The Balaban J connectivity index is 2.75. The Bertz CT molecular complexity index is 457. The van der Waals surface area contributed by atoms with Gasteiger partial charge in [-0.15, -0.1) is 0 Å². The van der Waals surface area contributed by atoms with E-state index in [-0.39, 0.29) is 5.75 Å². The van der Waals surface area contributed by atoms with Crippen molar-refractivity contribution < 1.29 is 13.0 Å². The van der Waals surface area contributed by atoms with Gasteiger partial charge in [0.2, 0.25) is 0 Å². The van der Waals surface area contributed by atoms with E-state index in [9.17, 15) is 8.42 Å². The molecule has 0 heterocycles. The van der Waals surface area contributed by atoms with Crippen LogP contribution < -0.4 is 5.73 Å². The first kappa shape index (κ1) is 13.0. The Morgan fingerprint density at radius 1 is 1.25 bits per heavy atom. The Morgan fingerprint density at radius 2 is 1.75 bits per heavy atom. The lowest BCUT2D eigenvalue weighted by molar-refractivity contribution is 0.481. The van der Waals surface area contributed by atoms with Crippen LogP contribution in [0.15, 0.2) is 12.1 Å². The molecule has 0 amide bonds. The van der Waals surface area contributed by atoms with Crippen molar-refractivity contribution in [2.24, 2.45) is 0 Å². The molecule has 0 saturated carbocycles. The first-order valence-electron chi connectivity index (χ1n) is 5.10. The number of benzene rings is 1. The van der Waals surface area contributed by atoms with Gasteiger partial charge in [-0.3, -0.25) is 4.55 Å². The standard InChI is InChI=1S/C11H17NO3S/c1-8-6-10(12)7-9(2)11(8)4-3-5-16(13,14)15/h6-7H,3-5,12H2,1-2H3,(H,13,14,15). The average molecular weight is 243 g/mol. The van der Waals surface area contributed by atoms with Gasteiger partial charge in [-0.1, -0.05) is 0 Å². The van der Waals surface area contributed by atoms with Crippen molar-refractivity contribution in [2.75, 3.05) is 11.5 Å². The fourth-order valence-electron chi connectivity index (χ4n) is 1.85. The minimum Gasteiger partial charge on any atom is -0.399 e. The molecule has 1 aromatic carbocycles. The number of hydrogen-bond donors (Lipinski definition) is 2. The van der Waals surface area contributed by atoms with Gasteiger partial charge in [0.25, 0.3) is 10.1 Å². The highest BCUT2D eigenvalue weighted by Gasteiger charge is 2.07. The summed E-state index contributed by atoms with van der Waals surface area (Å²) in [6.07, 6.45) is 1.06. The summed E-state index contributed by atoms with van der Waals surface area (Å²) in [5.74, 6) is -0.198. The van der Waals surface area contributed by atoms with Gasteiger partial charge >= 0.3 is 0 Å². The van der Waals surface area contributed by atoms with Crippen LogP contribution in [0, 0.1) is 13.8 Å². The molecule has 0 spiro atoms. The van der Waals surface area contributed by atoms with Crippen LogP contribution in [0.1, 0.15) is 23.1 Å². The van der Waals surface area contributed by atoms with Crippen molar-refractivity contribution in [3.8, 4) is 0 Å². The molecule has 3 N–H and O–H groups in total. The minimum absolute atomic E-state index is 0.198. The van der Waals surface area contributed by atoms with Crippen LogP contribution in [0.4, 0.5) is 5.69 Å². The zero-order valence-corrected chi connectivity index (χ0v) is 10.3. The third kappa shape index (κ3) is 3.83. The van der Waals surface area contributed by atoms with Gasteiger partial charge < -0.3 is 5.73 Å².